The van der Waals surface area contributed by atoms with E-state index in [1.54, 1.807) is 0 Å². The normalized spacial score (nSPS) is 17.4. The van der Waals surface area contributed by atoms with Crippen LogP contribution in [0.3, 0.4) is 0 Å². The van der Waals surface area contributed by atoms with Crippen molar-refractivity contribution in [3.8, 4) is 0 Å². The van der Waals surface area contributed by atoms with Crippen LogP contribution in [0.15, 0.2) is 30.3 Å². The van der Waals surface area contributed by atoms with Crippen molar-refractivity contribution in [3.05, 3.63) is 41.5 Å². The minimum absolute atomic E-state index is 0.273. The number of nitrogens with two attached hydrogens (primary N) is 1. The van der Waals surface area contributed by atoms with Gasteiger partial charge in [0.05, 0.1) is 0 Å². The van der Waals surface area contributed by atoms with Crippen molar-refractivity contribution in [1.82, 2.24) is 20.6 Å². The van der Waals surface area contributed by atoms with Gasteiger partial charge in [-0.25, -0.2) is 0 Å². The highest BCUT2D eigenvalue weighted by atomic mass is 16.3. The Kier molecular flexibility index (Phi) is 10.6. The lowest BCUT2D eigenvalue weighted by Crippen LogP contribution is -2.34. The zero-order chi connectivity index (χ0) is 25.0. The summed E-state index contributed by atoms with van der Waals surface area (Å²) in [5.74, 6) is 2.53. The van der Waals surface area contributed by atoms with Crippen molar-refractivity contribution in [3.63, 3.8) is 0 Å². The van der Waals surface area contributed by atoms with Gasteiger partial charge in [-0.15, -0.1) is 0 Å². The van der Waals surface area contributed by atoms with E-state index in [0.717, 1.165) is 63.8 Å². The molecule has 1 saturated heterocycles. The summed E-state index contributed by atoms with van der Waals surface area (Å²) in [4.78, 5) is 11.4. The number of anilines is 3. The Labute approximate surface area is 216 Å². The van der Waals surface area contributed by atoms with E-state index in [1.165, 1.54) is 49.7 Å². The highest BCUT2D eigenvalue weighted by Gasteiger charge is 2.20. The average Bonchev–Trinajstić information content (AvgIpc) is 2.91. The van der Waals surface area contributed by atoms with Gasteiger partial charge < -0.3 is 31.7 Å². The van der Waals surface area contributed by atoms with Crippen LogP contribution in [0.2, 0.25) is 0 Å². The fourth-order valence-corrected chi connectivity index (χ4v) is 5.34. The number of hydrogen-bond donors (Lipinski definition) is 5. The summed E-state index contributed by atoms with van der Waals surface area (Å²) in [6, 6.07) is 11.3. The molecule has 198 valence electrons. The summed E-state index contributed by atoms with van der Waals surface area (Å²) in [5.41, 5.74) is 8.57. The summed E-state index contributed by atoms with van der Waals surface area (Å²) in [5, 5.41) is 19.8. The van der Waals surface area contributed by atoms with Gasteiger partial charge in [-0.1, -0.05) is 43.5 Å². The first-order valence-corrected chi connectivity index (χ1v) is 14.0. The first kappa shape index (κ1) is 26.6. The maximum absolute atomic E-state index is 9.18. The van der Waals surface area contributed by atoms with Crippen LogP contribution in [-0.4, -0.2) is 53.9 Å². The molecule has 0 atom stereocenters. The Morgan fingerprint density at radius 1 is 0.917 bits per heavy atom. The van der Waals surface area contributed by atoms with Gasteiger partial charge in [-0.2, -0.15) is 9.97 Å². The van der Waals surface area contributed by atoms with Crippen LogP contribution in [0, 0.1) is 5.92 Å². The number of rotatable bonds is 13. The second-order valence-corrected chi connectivity index (χ2v) is 10.4. The molecule has 1 aliphatic heterocycles. The lowest BCUT2D eigenvalue weighted by atomic mass is 9.94. The predicted molar refractivity (Wildman–Crippen MR) is 148 cm³/mol. The van der Waals surface area contributed by atoms with Crippen LogP contribution in [0.25, 0.3) is 0 Å². The van der Waals surface area contributed by atoms with Crippen LogP contribution in [0.5, 0.6) is 0 Å². The number of hydrogen-bond acceptors (Lipinski definition) is 8. The van der Waals surface area contributed by atoms with Gasteiger partial charge in [0.25, 0.3) is 0 Å². The zero-order valence-electron chi connectivity index (χ0n) is 21.7. The Morgan fingerprint density at radius 3 is 2.36 bits per heavy atom. The highest BCUT2D eigenvalue weighted by Crippen LogP contribution is 2.25. The summed E-state index contributed by atoms with van der Waals surface area (Å²) >= 11 is 0. The first-order chi connectivity index (χ1) is 17.7. The van der Waals surface area contributed by atoms with Crippen LogP contribution in [0.1, 0.15) is 68.9 Å². The van der Waals surface area contributed by atoms with Gasteiger partial charge in [0, 0.05) is 44.9 Å². The van der Waals surface area contributed by atoms with Crippen LogP contribution >= 0.6 is 0 Å². The molecule has 0 unspecified atom stereocenters. The van der Waals surface area contributed by atoms with Crippen LogP contribution in [0.4, 0.5) is 17.6 Å². The van der Waals surface area contributed by atoms with E-state index < -0.39 is 0 Å². The van der Waals surface area contributed by atoms with Crippen molar-refractivity contribution in [2.24, 2.45) is 5.92 Å². The maximum Gasteiger partial charge on any atom is 0.226 e. The van der Waals surface area contributed by atoms with E-state index in [0.29, 0.717) is 24.2 Å². The van der Waals surface area contributed by atoms with E-state index in [1.807, 2.05) is 6.07 Å². The molecule has 8 heteroatoms. The van der Waals surface area contributed by atoms with Crippen LogP contribution < -0.4 is 26.6 Å². The lowest BCUT2D eigenvalue weighted by Gasteiger charge is -2.32. The number of benzene rings is 1. The zero-order valence-corrected chi connectivity index (χ0v) is 21.7. The number of nitrogens with one attached hydrogen (secondary N) is 3. The number of nitrogens with zero attached hydrogens (tertiary/aromatic N) is 3. The smallest absolute Gasteiger partial charge is 0.226 e. The standard InChI is InChI=1S/C28H45N7O/c29-26-19-27(35-16-11-22(12-17-35)13-18-36)34-28(33-26)32-21-24-9-7-23(8-10-24)20-30-14-4-15-31-25-5-2-1-3-6-25/h7-10,19,22,25,30-31,36H,1-6,11-18,20-21H2,(H3,29,32,33,34). The number of nitrogen functional groups attached to an aromatic ring is 1. The van der Waals surface area contributed by atoms with Gasteiger partial charge in [-0.05, 0) is 68.7 Å². The summed E-state index contributed by atoms with van der Waals surface area (Å²) in [7, 11) is 0. The molecule has 0 bridgehead atoms. The number of aliphatic hydroxyl groups is 1. The Balaban J connectivity index is 1.16. The molecule has 0 spiro atoms. The van der Waals surface area contributed by atoms with E-state index in [9.17, 15) is 5.11 Å². The molecule has 6 N–H and O–H groups in total. The van der Waals surface area contributed by atoms with Crippen molar-refractivity contribution >= 4 is 17.6 Å². The van der Waals surface area contributed by atoms with Gasteiger partial charge in [0.2, 0.25) is 5.95 Å². The summed E-state index contributed by atoms with van der Waals surface area (Å²) < 4.78 is 0. The largest absolute Gasteiger partial charge is 0.396 e. The van der Waals surface area contributed by atoms with Gasteiger partial charge in [0.15, 0.2) is 0 Å². The van der Waals surface area contributed by atoms with E-state index in [2.05, 4.69) is 50.1 Å². The van der Waals surface area contributed by atoms with E-state index in [4.69, 9.17) is 10.7 Å². The van der Waals surface area contributed by atoms with Gasteiger partial charge >= 0.3 is 0 Å². The third-order valence-corrected chi connectivity index (χ3v) is 7.58. The molecule has 36 heavy (non-hydrogen) atoms. The number of aromatic nitrogens is 2. The van der Waals surface area contributed by atoms with Gasteiger partial charge in [0.1, 0.15) is 11.6 Å². The predicted octanol–water partition coefficient (Wildman–Crippen LogP) is 3.67. The fourth-order valence-electron chi connectivity index (χ4n) is 5.34. The molecule has 1 aliphatic carbocycles. The van der Waals surface area contributed by atoms with Gasteiger partial charge in [-0.3, -0.25) is 0 Å². The molecule has 0 radical (unpaired) electrons. The van der Waals surface area contributed by atoms with Crippen molar-refractivity contribution in [1.29, 1.82) is 0 Å². The molecular weight excluding hydrogens is 450 g/mol. The Morgan fingerprint density at radius 2 is 1.64 bits per heavy atom. The second-order valence-electron chi connectivity index (χ2n) is 10.4. The monoisotopic (exact) mass is 495 g/mol. The van der Waals surface area contributed by atoms with Crippen molar-refractivity contribution in [2.45, 2.75) is 76.9 Å². The van der Waals surface area contributed by atoms with Crippen LogP contribution in [-0.2, 0) is 13.1 Å². The molecule has 1 aromatic carbocycles. The SMILES string of the molecule is Nc1cc(N2CCC(CCO)CC2)nc(NCc2ccc(CNCCCNC3CCCCC3)cc2)n1. The molecule has 1 aromatic heterocycles. The molecule has 8 nitrogen and oxygen atoms in total. The maximum atomic E-state index is 9.18. The average molecular weight is 496 g/mol. The highest BCUT2D eigenvalue weighted by molar-refractivity contribution is 5.52. The Hall–Kier alpha value is -2.42. The summed E-state index contributed by atoms with van der Waals surface area (Å²) in [6.45, 7) is 5.85. The minimum atomic E-state index is 0.273. The lowest BCUT2D eigenvalue weighted by molar-refractivity contribution is 0.240. The molecule has 2 aliphatic rings. The third-order valence-electron chi connectivity index (χ3n) is 7.58. The summed E-state index contributed by atoms with van der Waals surface area (Å²) in [6.07, 6.45) is 11.1. The first-order valence-electron chi connectivity index (χ1n) is 14.0. The molecule has 2 heterocycles. The molecule has 2 fully saturated rings. The second kappa shape index (κ2) is 14.4. The van der Waals surface area contributed by atoms with Crippen molar-refractivity contribution < 1.29 is 5.11 Å². The molecule has 2 aromatic rings. The minimum Gasteiger partial charge on any atom is -0.396 e. The van der Waals surface area contributed by atoms with Crippen molar-refractivity contribution in [2.75, 3.05) is 48.7 Å². The molecule has 4 rings (SSSR count). The van der Waals surface area contributed by atoms with E-state index in [-0.39, 0.29) is 6.61 Å². The molecule has 0 amide bonds. The quantitative estimate of drug-likeness (QED) is 0.268. The molecule has 1 saturated carbocycles. The fraction of sp³-hybridized carbons (Fsp3) is 0.643. The molecular formula is C28H45N7O. The Bertz CT molecular complexity index is 893. The number of piperidine rings is 1. The third kappa shape index (κ3) is 8.61. The topological polar surface area (TPSA) is 111 Å². The number of aliphatic hydroxyl groups excluding tert-OH is 1. The van der Waals surface area contributed by atoms with E-state index >= 15 is 0 Å².